The molecule has 1 atom stereocenters. The van der Waals surface area contributed by atoms with Crippen LogP contribution in [0.3, 0.4) is 0 Å². The Kier molecular flexibility index (Phi) is 3.85. The molecule has 1 N–H and O–H groups in total. The van der Waals surface area contributed by atoms with Crippen molar-refractivity contribution in [1.29, 1.82) is 0 Å². The molecule has 0 radical (unpaired) electrons. The molecule has 104 valence electrons. The second-order valence-electron chi connectivity index (χ2n) is 4.90. The van der Waals surface area contributed by atoms with Gasteiger partial charge in [-0.25, -0.2) is 4.98 Å². The maximum Gasteiger partial charge on any atom is 0.253 e. The van der Waals surface area contributed by atoms with Gasteiger partial charge in [0.2, 0.25) is 0 Å². The van der Waals surface area contributed by atoms with Crippen molar-refractivity contribution in [3.05, 3.63) is 41.2 Å². The van der Waals surface area contributed by atoms with Gasteiger partial charge in [0.05, 0.1) is 18.2 Å². The Hall–Kier alpha value is -1.65. The molecule has 2 heterocycles. The summed E-state index contributed by atoms with van der Waals surface area (Å²) < 4.78 is 5.37. The number of halogens is 1. The molecule has 0 bridgehead atoms. The second-order valence-corrected chi connectivity index (χ2v) is 5.25. The molecule has 1 aliphatic rings. The highest BCUT2D eigenvalue weighted by Gasteiger charge is 2.19. The molecule has 0 saturated carbocycles. The standard InChI is InChI=1S/C15H15ClN2O2/c16-14-12-6-2-1-5-11(12)13(8-17-14)15(19)18-10-4-3-7-20-9-10/h1-2,5-6,8,10H,3-4,7,9H2,(H,18,19). The molecular weight excluding hydrogens is 276 g/mol. The smallest absolute Gasteiger partial charge is 0.253 e. The molecule has 5 heteroatoms. The number of nitrogens with one attached hydrogen (secondary N) is 1. The highest BCUT2D eigenvalue weighted by Crippen LogP contribution is 2.24. The van der Waals surface area contributed by atoms with Gasteiger partial charge < -0.3 is 10.1 Å². The lowest BCUT2D eigenvalue weighted by molar-refractivity contribution is 0.0624. The van der Waals surface area contributed by atoms with E-state index in [1.54, 1.807) is 0 Å². The molecular formula is C15H15ClN2O2. The summed E-state index contributed by atoms with van der Waals surface area (Å²) in [6, 6.07) is 7.59. The number of carbonyl (C=O) groups is 1. The average Bonchev–Trinajstić information content (AvgIpc) is 2.49. The fraction of sp³-hybridized carbons (Fsp3) is 0.333. The number of nitrogens with zero attached hydrogens (tertiary/aromatic N) is 1. The number of rotatable bonds is 2. The van der Waals surface area contributed by atoms with E-state index in [1.165, 1.54) is 6.20 Å². The lowest BCUT2D eigenvalue weighted by Crippen LogP contribution is -2.40. The van der Waals surface area contributed by atoms with E-state index in [2.05, 4.69) is 10.3 Å². The Morgan fingerprint density at radius 3 is 2.90 bits per heavy atom. The van der Waals surface area contributed by atoms with Gasteiger partial charge in [0.25, 0.3) is 5.91 Å². The second kappa shape index (κ2) is 5.77. The predicted octanol–water partition coefficient (Wildman–Crippen LogP) is 2.80. The lowest BCUT2D eigenvalue weighted by atomic mass is 10.1. The third kappa shape index (κ3) is 2.62. The van der Waals surface area contributed by atoms with Crippen LogP contribution in [-0.2, 0) is 4.74 Å². The largest absolute Gasteiger partial charge is 0.379 e. The van der Waals surface area contributed by atoms with Crippen LogP contribution in [0.1, 0.15) is 23.2 Å². The van der Waals surface area contributed by atoms with Crippen molar-refractivity contribution >= 4 is 28.3 Å². The van der Waals surface area contributed by atoms with Crippen LogP contribution in [0, 0.1) is 0 Å². The molecule has 3 rings (SSSR count). The van der Waals surface area contributed by atoms with Crippen LogP contribution in [-0.4, -0.2) is 30.1 Å². The van der Waals surface area contributed by atoms with Gasteiger partial charge in [0.15, 0.2) is 0 Å². The number of hydrogen-bond donors (Lipinski definition) is 1. The van der Waals surface area contributed by atoms with Gasteiger partial charge in [-0.15, -0.1) is 0 Å². The number of hydrogen-bond acceptors (Lipinski definition) is 3. The minimum atomic E-state index is -0.124. The van der Waals surface area contributed by atoms with Gasteiger partial charge in [-0.1, -0.05) is 35.9 Å². The van der Waals surface area contributed by atoms with E-state index in [4.69, 9.17) is 16.3 Å². The van der Waals surface area contributed by atoms with Gasteiger partial charge in [0.1, 0.15) is 5.15 Å². The summed E-state index contributed by atoms with van der Waals surface area (Å²) in [5.41, 5.74) is 0.551. The first-order chi connectivity index (χ1) is 9.75. The van der Waals surface area contributed by atoms with E-state index in [9.17, 15) is 4.79 Å². The molecule has 1 aliphatic heterocycles. The molecule has 4 nitrogen and oxygen atoms in total. The SMILES string of the molecule is O=C(NC1CCCOC1)c1cnc(Cl)c2ccccc12. The lowest BCUT2D eigenvalue weighted by Gasteiger charge is -2.23. The number of ether oxygens (including phenoxy) is 1. The Morgan fingerprint density at radius 1 is 1.35 bits per heavy atom. The normalized spacial score (nSPS) is 18.9. The highest BCUT2D eigenvalue weighted by atomic mass is 35.5. The monoisotopic (exact) mass is 290 g/mol. The van der Waals surface area contributed by atoms with E-state index in [0.29, 0.717) is 17.3 Å². The summed E-state index contributed by atoms with van der Waals surface area (Å²) in [5.74, 6) is -0.124. The van der Waals surface area contributed by atoms with Gasteiger partial charge in [-0.2, -0.15) is 0 Å². The molecule has 1 unspecified atom stereocenters. The third-order valence-electron chi connectivity index (χ3n) is 3.49. The molecule has 20 heavy (non-hydrogen) atoms. The first kappa shape index (κ1) is 13.3. The minimum Gasteiger partial charge on any atom is -0.379 e. The topological polar surface area (TPSA) is 51.2 Å². The number of pyridine rings is 1. The van der Waals surface area contributed by atoms with Crippen LogP contribution in [0.2, 0.25) is 5.15 Å². The number of benzene rings is 1. The quantitative estimate of drug-likeness (QED) is 0.865. The molecule has 1 saturated heterocycles. The van der Waals surface area contributed by atoms with Crippen molar-refractivity contribution < 1.29 is 9.53 Å². The zero-order chi connectivity index (χ0) is 13.9. The summed E-state index contributed by atoms with van der Waals surface area (Å²) in [4.78, 5) is 16.5. The Labute approximate surface area is 122 Å². The van der Waals surface area contributed by atoms with Crippen molar-refractivity contribution in [1.82, 2.24) is 10.3 Å². The van der Waals surface area contributed by atoms with Crippen molar-refractivity contribution in [3.63, 3.8) is 0 Å². The predicted molar refractivity (Wildman–Crippen MR) is 78.1 cm³/mol. The van der Waals surface area contributed by atoms with Gasteiger partial charge >= 0.3 is 0 Å². The molecule has 2 aromatic rings. The fourth-order valence-electron chi connectivity index (χ4n) is 2.46. The molecule has 1 aromatic carbocycles. The van der Waals surface area contributed by atoms with Crippen LogP contribution in [0.25, 0.3) is 10.8 Å². The van der Waals surface area contributed by atoms with Crippen molar-refractivity contribution in [2.24, 2.45) is 0 Å². The van der Waals surface area contributed by atoms with E-state index < -0.39 is 0 Å². The average molecular weight is 291 g/mol. The van der Waals surface area contributed by atoms with Crippen LogP contribution in [0.4, 0.5) is 0 Å². The van der Waals surface area contributed by atoms with E-state index in [0.717, 1.165) is 30.2 Å². The van der Waals surface area contributed by atoms with Crippen molar-refractivity contribution in [3.8, 4) is 0 Å². The summed E-state index contributed by atoms with van der Waals surface area (Å²) in [6.45, 7) is 1.35. The maximum absolute atomic E-state index is 12.4. The molecule has 1 amide bonds. The summed E-state index contributed by atoms with van der Waals surface area (Å²) in [5, 5.41) is 5.03. The van der Waals surface area contributed by atoms with Crippen LogP contribution in [0.15, 0.2) is 30.5 Å². The summed E-state index contributed by atoms with van der Waals surface area (Å²) >= 11 is 6.06. The van der Waals surface area contributed by atoms with Crippen LogP contribution < -0.4 is 5.32 Å². The highest BCUT2D eigenvalue weighted by molar-refractivity contribution is 6.34. The van der Waals surface area contributed by atoms with Gasteiger partial charge in [-0.05, 0) is 18.2 Å². The summed E-state index contributed by atoms with van der Waals surface area (Å²) in [7, 11) is 0. The molecule has 1 aromatic heterocycles. The van der Waals surface area contributed by atoms with E-state index in [1.807, 2.05) is 24.3 Å². The number of fused-ring (bicyclic) bond motifs is 1. The van der Waals surface area contributed by atoms with E-state index >= 15 is 0 Å². The maximum atomic E-state index is 12.4. The van der Waals surface area contributed by atoms with Crippen molar-refractivity contribution in [2.75, 3.05) is 13.2 Å². The Morgan fingerprint density at radius 2 is 2.15 bits per heavy atom. The first-order valence-corrected chi connectivity index (χ1v) is 7.05. The molecule has 0 spiro atoms. The summed E-state index contributed by atoms with van der Waals surface area (Å²) in [6.07, 6.45) is 3.46. The molecule has 0 aliphatic carbocycles. The minimum absolute atomic E-state index is 0.0747. The van der Waals surface area contributed by atoms with Crippen LogP contribution >= 0.6 is 11.6 Å². The van der Waals surface area contributed by atoms with Crippen LogP contribution in [0.5, 0.6) is 0 Å². The van der Waals surface area contributed by atoms with Gasteiger partial charge in [-0.3, -0.25) is 4.79 Å². The number of aromatic nitrogens is 1. The number of amides is 1. The number of carbonyl (C=O) groups excluding carboxylic acids is 1. The van der Waals surface area contributed by atoms with Gasteiger partial charge in [0, 0.05) is 18.2 Å². The van der Waals surface area contributed by atoms with E-state index in [-0.39, 0.29) is 11.9 Å². The third-order valence-corrected chi connectivity index (χ3v) is 3.79. The first-order valence-electron chi connectivity index (χ1n) is 6.67. The van der Waals surface area contributed by atoms with Crippen molar-refractivity contribution in [2.45, 2.75) is 18.9 Å². The fourth-order valence-corrected chi connectivity index (χ4v) is 2.67. The zero-order valence-corrected chi connectivity index (χ0v) is 11.7. The molecule has 1 fully saturated rings. The zero-order valence-electron chi connectivity index (χ0n) is 10.9. The Balaban J connectivity index is 1.89. The Bertz CT molecular complexity index is 639.